The second-order valence-corrected chi connectivity index (χ2v) is 6.46. The lowest BCUT2D eigenvalue weighted by Crippen LogP contribution is -2.27. The average molecular weight is 408 g/mol. The fourth-order valence-corrected chi connectivity index (χ4v) is 3.14. The van der Waals surface area contributed by atoms with E-state index in [0.29, 0.717) is 28.0 Å². The number of phenolic OH excluding ortho intramolecular Hbond substituents is 1. The molecule has 0 saturated carbocycles. The Kier molecular flexibility index (Phi) is 4.88. The summed E-state index contributed by atoms with van der Waals surface area (Å²) in [5.74, 6) is -0.478. The number of fused-ring (bicyclic) bond motifs is 1. The van der Waals surface area contributed by atoms with Crippen LogP contribution in [0.4, 0.5) is 15.9 Å². The van der Waals surface area contributed by atoms with Crippen LogP contribution >= 0.6 is 0 Å². The molecule has 0 saturated heterocycles. The Labute approximate surface area is 169 Å². The van der Waals surface area contributed by atoms with Crippen molar-refractivity contribution in [2.24, 2.45) is 5.73 Å². The topological polar surface area (TPSA) is 128 Å². The van der Waals surface area contributed by atoms with Gasteiger partial charge in [0.1, 0.15) is 18.0 Å². The summed E-state index contributed by atoms with van der Waals surface area (Å²) in [6.07, 6.45) is 4.40. The molecule has 2 aromatic heterocycles. The highest BCUT2D eigenvalue weighted by Crippen LogP contribution is 2.33. The van der Waals surface area contributed by atoms with Crippen LogP contribution < -0.4 is 15.8 Å². The Hall–Kier alpha value is -4.21. The number of benzene rings is 2. The predicted octanol–water partition coefficient (Wildman–Crippen LogP) is 2.50. The van der Waals surface area contributed by atoms with Crippen molar-refractivity contribution in [3.63, 3.8) is 0 Å². The smallest absolute Gasteiger partial charge is 0.246 e. The zero-order valence-corrected chi connectivity index (χ0v) is 15.8. The standard InChI is InChI=1S/C20H17FN6O3/c1-30-17-6-14-15(7-16(17)28)23-10-24-20(14)26-13-8-25-27(9-13)18(19(22)29)11-3-2-4-12(21)5-11/h2-10,18,28H,1H3,(H2,22,29)(H,23,24,26). The van der Waals surface area contributed by atoms with Gasteiger partial charge in [-0.3, -0.25) is 9.48 Å². The zero-order chi connectivity index (χ0) is 21.3. The first kappa shape index (κ1) is 19.1. The van der Waals surface area contributed by atoms with Crippen LogP contribution in [-0.4, -0.2) is 37.9 Å². The maximum absolute atomic E-state index is 13.6. The number of carbonyl (C=O) groups is 1. The van der Waals surface area contributed by atoms with E-state index in [1.165, 1.54) is 48.6 Å². The molecule has 0 aliphatic carbocycles. The Balaban J connectivity index is 1.69. The molecule has 4 rings (SSSR count). The lowest BCUT2D eigenvalue weighted by atomic mass is 10.1. The van der Waals surface area contributed by atoms with E-state index in [1.54, 1.807) is 18.3 Å². The van der Waals surface area contributed by atoms with Gasteiger partial charge in [0, 0.05) is 17.6 Å². The van der Waals surface area contributed by atoms with Crippen LogP contribution in [0.15, 0.2) is 55.1 Å². The van der Waals surface area contributed by atoms with Crippen molar-refractivity contribution < 1.29 is 19.0 Å². The highest BCUT2D eigenvalue weighted by atomic mass is 19.1. The Bertz CT molecular complexity index is 1240. The minimum atomic E-state index is -0.976. The third kappa shape index (κ3) is 3.58. The number of nitrogens with zero attached hydrogens (tertiary/aromatic N) is 4. The average Bonchev–Trinajstić information content (AvgIpc) is 3.15. The van der Waals surface area contributed by atoms with Gasteiger partial charge in [0.25, 0.3) is 0 Å². The lowest BCUT2D eigenvalue weighted by molar-refractivity contribution is -0.120. The van der Waals surface area contributed by atoms with Crippen LogP contribution in [-0.2, 0) is 4.79 Å². The van der Waals surface area contributed by atoms with Gasteiger partial charge in [-0.15, -0.1) is 0 Å². The minimum absolute atomic E-state index is 0.0399. The molecule has 1 amide bonds. The first-order chi connectivity index (χ1) is 14.5. The number of nitrogens with two attached hydrogens (primary N) is 1. The number of amides is 1. The van der Waals surface area contributed by atoms with Gasteiger partial charge in [-0.05, 0) is 23.8 Å². The third-order valence-corrected chi connectivity index (χ3v) is 4.50. The summed E-state index contributed by atoms with van der Waals surface area (Å²) >= 11 is 0. The summed E-state index contributed by atoms with van der Waals surface area (Å²) in [6, 6.07) is 7.72. The number of rotatable bonds is 6. The molecular weight excluding hydrogens is 391 g/mol. The molecule has 4 N–H and O–H groups in total. The van der Waals surface area contributed by atoms with Gasteiger partial charge < -0.3 is 20.9 Å². The summed E-state index contributed by atoms with van der Waals surface area (Å²) in [5, 5.41) is 17.8. The predicted molar refractivity (Wildman–Crippen MR) is 107 cm³/mol. The molecule has 2 aromatic carbocycles. The van der Waals surface area contributed by atoms with E-state index in [1.807, 2.05) is 0 Å². The van der Waals surface area contributed by atoms with Crippen LogP contribution in [0, 0.1) is 5.82 Å². The number of aromatic nitrogens is 4. The number of anilines is 2. The molecular formula is C20H17FN6O3. The van der Waals surface area contributed by atoms with Gasteiger partial charge in [0.05, 0.1) is 24.5 Å². The molecule has 1 unspecified atom stereocenters. The number of aromatic hydroxyl groups is 1. The number of nitrogens with one attached hydrogen (secondary N) is 1. The van der Waals surface area contributed by atoms with E-state index in [0.717, 1.165) is 0 Å². The normalized spacial score (nSPS) is 11.9. The van der Waals surface area contributed by atoms with Crippen molar-refractivity contribution in [1.29, 1.82) is 0 Å². The largest absolute Gasteiger partial charge is 0.504 e. The summed E-state index contributed by atoms with van der Waals surface area (Å²) in [5.41, 5.74) is 6.94. The molecule has 0 aliphatic heterocycles. The molecule has 4 aromatic rings. The number of carbonyl (C=O) groups excluding carboxylic acids is 1. The number of phenols is 1. The first-order valence-corrected chi connectivity index (χ1v) is 8.84. The van der Waals surface area contributed by atoms with Crippen molar-refractivity contribution in [3.8, 4) is 11.5 Å². The van der Waals surface area contributed by atoms with Crippen LogP contribution in [0.3, 0.4) is 0 Å². The van der Waals surface area contributed by atoms with Gasteiger partial charge in [-0.25, -0.2) is 14.4 Å². The summed E-state index contributed by atoms with van der Waals surface area (Å²) in [4.78, 5) is 20.4. The first-order valence-electron chi connectivity index (χ1n) is 8.84. The molecule has 0 aliphatic rings. The van der Waals surface area contributed by atoms with Crippen molar-refractivity contribution in [2.75, 3.05) is 12.4 Å². The maximum atomic E-state index is 13.6. The summed E-state index contributed by atoms with van der Waals surface area (Å²) in [6.45, 7) is 0. The van der Waals surface area contributed by atoms with E-state index in [4.69, 9.17) is 10.5 Å². The quantitative estimate of drug-likeness (QED) is 0.447. The fourth-order valence-electron chi connectivity index (χ4n) is 3.14. The minimum Gasteiger partial charge on any atom is -0.504 e. The molecule has 0 spiro atoms. The van der Waals surface area contributed by atoms with E-state index < -0.39 is 17.8 Å². The van der Waals surface area contributed by atoms with Crippen LogP contribution in [0.5, 0.6) is 11.5 Å². The van der Waals surface area contributed by atoms with Gasteiger partial charge in [0.15, 0.2) is 17.5 Å². The molecule has 0 radical (unpaired) electrons. The molecule has 1 atom stereocenters. The van der Waals surface area contributed by atoms with E-state index in [9.17, 15) is 14.3 Å². The van der Waals surface area contributed by atoms with Crippen LogP contribution in [0.2, 0.25) is 0 Å². The van der Waals surface area contributed by atoms with E-state index in [2.05, 4.69) is 20.4 Å². The van der Waals surface area contributed by atoms with Crippen molar-refractivity contribution in [1.82, 2.24) is 19.7 Å². The number of hydrogen-bond acceptors (Lipinski definition) is 7. The van der Waals surface area contributed by atoms with Crippen molar-refractivity contribution in [2.45, 2.75) is 6.04 Å². The van der Waals surface area contributed by atoms with Crippen LogP contribution in [0.25, 0.3) is 10.9 Å². The molecule has 0 fully saturated rings. The number of ether oxygens (including phenoxy) is 1. The molecule has 152 valence electrons. The molecule has 9 nitrogen and oxygen atoms in total. The summed E-state index contributed by atoms with van der Waals surface area (Å²) < 4.78 is 20.1. The second-order valence-electron chi connectivity index (χ2n) is 6.46. The lowest BCUT2D eigenvalue weighted by Gasteiger charge is -2.14. The zero-order valence-electron chi connectivity index (χ0n) is 15.8. The van der Waals surface area contributed by atoms with Crippen molar-refractivity contribution >= 4 is 28.3 Å². The van der Waals surface area contributed by atoms with E-state index >= 15 is 0 Å². The SMILES string of the molecule is COc1cc2c(Nc3cnn(C(C(N)=O)c4cccc(F)c4)c3)ncnc2cc1O. The Morgan fingerprint density at radius 2 is 2.13 bits per heavy atom. The third-order valence-electron chi connectivity index (χ3n) is 4.50. The fraction of sp³-hybridized carbons (Fsp3) is 0.100. The van der Waals surface area contributed by atoms with Gasteiger partial charge >= 0.3 is 0 Å². The Morgan fingerprint density at radius 3 is 2.87 bits per heavy atom. The highest BCUT2D eigenvalue weighted by molar-refractivity contribution is 5.92. The highest BCUT2D eigenvalue weighted by Gasteiger charge is 2.22. The Morgan fingerprint density at radius 1 is 1.30 bits per heavy atom. The second kappa shape index (κ2) is 7.66. The number of methoxy groups -OCH3 is 1. The maximum Gasteiger partial charge on any atom is 0.246 e. The van der Waals surface area contributed by atoms with E-state index in [-0.39, 0.29) is 11.5 Å². The van der Waals surface area contributed by atoms with Crippen molar-refractivity contribution in [3.05, 3.63) is 66.5 Å². The number of halogens is 1. The number of hydrogen-bond donors (Lipinski definition) is 3. The van der Waals surface area contributed by atoms with Gasteiger partial charge in [-0.2, -0.15) is 5.10 Å². The molecule has 0 bridgehead atoms. The van der Waals surface area contributed by atoms with Crippen LogP contribution in [0.1, 0.15) is 11.6 Å². The molecule has 2 heterocycles. The molecule has 10 heteroatoms. The van der Waals surface area contributed by atoms with Gasteiger partial charge in [-0.1, -0.05) is 12.1 Å². The van der Waals surface area contributed by atoms with Gasteiger partial charge in [0.2, 0.25) is 5.91 Å². The monoisotopic (exact) mass is 408 g/mol. The summed E-state index contributed by atoms with van der Waals surface area (Å²) in [7, 11) is 1.44. The number of primary amides is 1. The molecule has 30 heavy (non-hydrogen) atoms.